The van der Waals surface area contributed by atoms with Crippen LogP contribution in [-0.2, 0) is 4.74 Å². The van der Waals surface area contributed by atoms with E-state index in [0.29, 0.717) is 11.8 Å². The van der Waals surface area contributed by atoms with Crippen LogP contribution in [0.15, 0.2) is 53.2 Å². The van der Waals surface area contributed by atoms with Crippen molar-refractivity contribution in [2.24, 2.45) is 11.8 Å². The van der Waals surface area contributed by atoms with E-state index in [1.165, 1.54) is 23.5 Å². The van der Waals surface area contributed by atoms with Crippen LogP contribution in [0.3, 0.4) is 0 Å². The Morgan fingerprint density at radius 2 is 1.97 bits per heavy atom. The van der Waals surface area contributed by atoms with E-state index >= 15 is 0 Å². The second kappa shape index (κ2) is 12.1. The third-order valence-electron chi connectivity index (χ3n) is 7.10. The van der Waals surface area contributed by atoms with Crippen molar-refractivity contribution < 1.29 is 4.74 Å². The molecule has 1 aromatic carbocycles. The summed E-state index contributed by atoms with van der Waals surface area (Å²) < 4.78 is 6.11. The molecule has 2 unspecified atom stereocenters. The summed E-state index contributed by atoms with van der Waals surface area (Å²) in [5.74, 6) is 5.11. The highest BCUT2D eigenvalue weighted by Gasteiger charge is 2.26. The molecule has 1 saturated carbocycles. The number of H-pyrrole nitrogens is 1. The number of rotatable bonds is 10. The summed E-state index contributed by atoms with van der Waals surface area (Å²) in [7, 11) is 0. The predicted molar refractivity (Wildman–Crippen MR) is 158 cm³/mol. The number of nitrogens with one attached hydrogen (secondary N) is 1. The molecule has 1 aromatic heterocycles. The predicted octanol–water partition coefficient (Wildman–Crippen LogP) is 9.83. The Morgan fingerprint density at radius 1 is 1.17 bits per heavy atom. The molecule has 0 amide bonds. The van der Waals surface area contributed by atoms with Crippen LogP contribution in [0.1, 0.15) is 90.4 Å². The van der Waals surface area contributed by atoms with Crippen LogP contribution in [-0.4, -0.2) is 21.8 Å². The van der Waals surface area contributed by atoms with E-state index in [1.807, 2.05) is 17.8 Å². The largest absolute Gasteiger partial charge is 0.491 e. The van der Waals surface area contributed by atoms with Crippen LogP contribution in [0.25, 0.3) is 16.6 Å². The Morgan fingerprint density at radius 3 is 2.67 bits per heavy atom. The van der Waals surface area contributed by atoms with Gasteiger partial charge in [-0.1, -0.05) is 56.7 Å². The van der Waals surface area contributed by atoms with Crippen LogP contribution < -0.4 is 0 Å². The zero-order chi connectivity index (χ0) is 24.4. The highest BCUT2D eigenvalue weighted by molar-refractivity contribution is 8.03. The van der Waals surface area contributed by atoms with Gasteiger partial charge in [-0.05, 0) is 82.4 Å². The zero-order valence-corrected chi connectivity index (χ0v) is 22.7. The minimum absolute atomic E-state index is 0. The van der Waals surface area contributed by atoms with Crippen molar-refractivity contribution in [3.05, 3.63) is 69.6 Å². The second-order valence-electron chi connectivity index (χ2n) is 10.4. The van der Waals surface area contributed by atoms with Gasteiger partial charge in [0.05, 0.1) is 22.2 Å². The fourth-order valence-corrected chi connectivity index (χ4v) is 6.49. The van der Waals surface area contributed by atoms with Gasteiger partial charge in [0.15, 0.2) is 0 Å². The van der Waals surface area contributed by atoms with Crippen LogP contribution in [0.5, 0.6) is 0 Å². The van der Waals surface area contributed by atoms with E-state index < -0.39 is 0 Å². The molecular formula is C31H41ClN2OS. The Kier molecular flexibility index (Phi) is 9.11. The van der Waals surface area contributed by atoms with Crippen molar-refractivity contribution in [3.8, 4) is 0 Å². The third kappa shape index (κ3) is 6.31. The summed E-state index contributed by atoms with van der Waals surface area (Å²) in [5.41, 5.74) is 4.08. The normalized spacial score (nSPS) is 20.6. The quantitative estimate of drug-likeness (QED) is 0.336. The van der Waals surface area contributed by atoms with Crippen LogP contribution in [0.2, 0.25) is 5.02 Å². The molecule has 1 N–H and O–H groups in total. The topological polar surface area (TPSA) is 37.9 Å². The maximum Gasteiger partial charge on any atom is 0.123 e. The first-order chi connectivity index (χ1) is 17.0. The summed E-state index contributed by atoms with van der Waals surface area (Å²) in [6, 6.07) is 4.18. The smallest absolute Gasteiger partial charge is 0.123 e. The Bertz CT molecular complexity index is 1180. The van der Waals surface area contributed by atoms with Gasteiger partial charge in [0, 0.05) is 27.7 Å². The number of thioether (sulfide) groups is 1. The molecule has 36 heavy (non-hydrogen) atoms. The van der Waals surface area contributed by atoms with Gasteiger partial charge in [-0.3, -0.25) is 0 Å². The van der Waals surface area contributed by atoms with E-state index in [2.05, 4.69) is 62.2 Å². The molecule has 0 bridgehead atoms. The standard InChI is InChI=1S/C30H37ClN2OS.CH4/c1-4-7-23(21-12-14-22(15-13-21)35-18-20-10-11-20)30-32-27-16-25(26(31)17-28(27)33-30)24-8-5-6-9-29(24)34-19(2)3;/h8-9,12,14-17,19-21,23H,4-7,10-11,13,18H2,1-3H3,(H,32,33);1H4. The lowest BCUT2D eigenvalue weighted by molar-refractivity contribution is 0.159. The molecule has 194 valence electrons. The summed E-state index contributed by atoms with van der Waals surface area (Å²) >= 11 is 8.85. The molecule has 3 nitrogen and oxygen atoms in total. The Balaban J connectivity index is 0.00000304. The number of halogens is 1. The summed E-state index contributed by atoms with van der Waals surface area (Å²) in [5, 5.41) is 0.740. The molecule has 2 atom stereocenters. The van der Waals surface area contributed by atoms with E-state index in [-0.39, 0.29) is 13.5 Å². The third-order valence-corrected chi connectivity index (χ3v) is 8.69. The molecule has 2 aromatic rings. The molecule has 1 fully saturated rings. The van der Waals surface area contributed by atoms with Gasteiger partial charge in [-0.2, -0.15) is 0 Å². The van der Waals surface area contributed by atoms with Gasteiger partial charge >= 0.3 is 0 Å². The first-order valence-electron chi connectivity index (χ1n) is 13.3. The summed E-state index contributed by atoms with van der Waals surface area (Å²) in [6.45, 7) is 6.40. The van der Waals surface area contributed by atoms with Gasteiger partial charge in [0.25, 0.3) is 0 Å². The molecule has 5 heteroatoms. The highest BCUT2D eigenvalue weighted by Crippen LogP contribution is 2.41. The van der Waals surface area contributed by atoms with Gasteiger partial charge in [-0.15, -0.1) is 11.8 Å². The monoisotopic (exact) mass is 524 g/mol. The number of aromatic nitrogens is 2. The molecule has 0 saturated heterocycles. The molecule has 0 aliphatic heterocycles. The number of allylic oxidation sites excluding steroid dienone is 6. The summed E-state index contributed by atoms with van der Waals surface area (Å²) in [4.78, 5) is 10.2. The molecule has 3 aliphatic carbocycles. The van der Waals surface area contributed by atoms with Crippen molar-refractivity contribution in [1.29, 1.82) is 0 Å². The fraction of sp³-hybridized carbons (Fsp3) is 0.516. The number of benzene rings is 1. The number of aromatic amines is 1. The number of hydrogen-bond donors (Lipinski definition) is 1. The average molecular weight is 525 g/mol. The number of nitrogens with zero attached hydrogens (tertiary/aromatic N) is 1. The number of fused-ring (bicyclic) bond motifs is 1. The van der Waals surface area contributed by atoms with Gasteiger partial charge in [0.2, 0.25) is 0 Å². The van der Waals surface area contributed by atoms with Gasteiger partial charge in [0.1, 0.15) is 11.6 Å². The maximum atomic E-state index is 6.82. The van der Waals surface area contributed by atoms with Gasteiger partial charge in [-0.25, -0.2) is 4.98 Å². The van der Waals surface area contributed by atoms with Crippen molar-refractivity contribution in [1.82, 2.24) is 9.97 Å². The first-order valence-corrected chi connectivity index (χ1v) is 14.7. The van der Waals surface area contributed by atoms with E-state index in [4.69, 9.17) is 21.3 Å². The second-order valence-corrected chi connectivity index (χ2v) is 11.9. The van der Waals surface area contributed by atoms with E-state index in [0.717, 1.165) is 76.8 Å². The minimum Gasteiger partial charge on any atom is -0.491 e. The fourth-order valence-electron chi connectivity index (χ4n) is 5.08. The molecule has 3 aliphatic rings. The Hall–Kier alpha value is -1.91. The van der Waals surface area contributed by atoms with Crippen molar-refractivity contribution in [2.45, 2.75) is 85.2 Å². The minimum atomic E-state index is 0. The summed E-state index contributed by atoms with van der Waals surface area (Å²) in [6.07, 6.45) is 20.0. The van der Waals surface area contributed by atoms with E-state index in [1.54, 1.807) is 0 Å². The van der Waals surface area contributed by atoms with Crippen LogP contribution >= 0.6 is 23.4 Å². The number of imidazole rings is 1. The maximum absolute atomic E-state index is 6.82. The molecule has 0 radical (unpaired) electrons. The molecule has 5 rings (SSSR count). The Labute approximate surface area is 226 Å². The van der Waals surface area contributed by atoms with E-state index in [9.17, 15) is 0 Å². The number of hydrogen-bond acceptors (Lipinski definition) is 3. The molecular weight excluding hydrogens is 484 g/mol. The van der Waals surface area contributed by atoms with Crippen LogP contribution in [0, 0.1) is 11.8 Å². The van der Waals surface area contributed by atoms with Crippen molar-refractivity contribution in [3.63, 3.8) is 0 Å². The molecule has 0 spiro atoms. The van der Waals surface area contributed by atoms with Crippen molar-refractivity contribution in [2.75, 3.05) is 5.75 Å². The lowest BCUT2D eigenvalue weighted by Crippen LogP contribution is -2.14. The number of ether oxygens (including phenoxy) is 1. The lowest BCUT2D eigenvalue weighted by Gasteiger charge is -2.24. The highest BCUT2D eigenvalue weighted by atomic mass is 35.5. The zero-order valence-electron chi connectivity index (χ0n) is 21.1. The first kappa shape index (κ1) is 27.1. The van der Waals surface area contributed by atoms with Gasteiger partial charge < -0.3 is 9.72 Å². The lowest BCUT2D eigenvalue weighted by atomic mass is 9.83. The van der Waals surface area contributed by atoms with Crippen LogP contribution in [0.4, 0.5) is 0 Å². The van der Waals surface area contributed by atoms with Crippen molar-refractivity contribution >= 4 is 40.0 Å². The average Bonchev–Trinajstić information content (AvgIpc) is 3.59. The SMILES string of the molecule is C.CCCC(c1nc2cc(C3=CCCC=C3OC(C)C)c(Cl)cc2[nH]1)C1C=CC(SCC2CC2)=CC1. The molecule has 1 heterocycles.